The van der Waals surface area contributed by atoms with Crippen LogP contribution in [0.2, 0.25) is 10.0 Å². The van der Waals surface area contributed by atoms with Gasteiger partial charge in [0, 0.05) is 15.6 Å². The fourth-order valence-corrected chi connectivity index (χ4v) is 3.29. The molecule has 3 aromatic rings. The van der Waals surface area contributed by atoms with E-state index in [1.54, 1.807) is 41.1 Å². The molecule has 10 heteroatoms. The number of aromatic nitrogens is 4. The molecule has 1 heterocycles. The van der Waals surface area contributed by atoms with Gasteiger partial charge in [0.15, 0.2) is 23.9 Å². The normalized spacial score (nSPS) is 13.2. The van der Waals surface area contributed by atoms with Gasteiger partial charge in [-0.15, -0.1) is 5.10 Å². The third kappa shape index (κ3) is 4.66. The second-order valence-electron chi connectivity index (χ2n) is 6.74. The Labute approximate surface area is 182 Å². The van der Waals surface area contributed by atoms with Crippen LogP contribution >= 0.6 is 23.2 Å². The number of benzene rings is 2. The smallest absolute Gasteiger partial charge is 0.338 e. The van der Waals surface area contributed by atoms with E-state index in [9.17, 15) is 4.79 Å². The summed E-state index contributed by atoms with van der Waals surface area (Å²) in [5.41, 5.74) is 1.11. The lowest BCUT2D eigenvalue weighted by Gasteiger charge is -2.13. The number of esters is 1. The largest absolute Gasteiger partial charge is 0.493 e. The molecule has 30 heavy (non-hydrogen) atoms. The van der Waals surface area contributed by atoms with Crippen LogP contribution in [0.25, 0.3) is 0 Å². The molecule has 0 saturated heterocycles. The highest BCUT2D eigenvalue weighted by Crippen LogP contribution is 2.34. The standard InChI is InChI=1S/C20H18Cl2N4O4/c1-28-18-8-12(20(27)30-11-19-23-24-25-26(19)15-5-6-15)3-7-17(18)29-10-13-2-4-14(21)9-16(13)22/h2-4,7-9,15H,5-6,10-11H2,1H3. The van der Waals surface area contributed by atoms with Crippen LogP contribution in [-0.4, -0.2) is 33.3 Å². The number of hydrogen-bond acceptors (Lipinski definition) is 7. The van der Waals surface area contributed by atoms with Gasteiger partial charge in [-0.1, -0.05) is 29.3 Å². The van der Waals surface area contributed by atoms with Gasteiger partial charge in [0.1, 0.15) is 6.61 Å². The number of rotatable bonds is 8. The SMILES string of the molecule is COc1cc(C(=O)OCc2nnnn2C2CC2)ccc1OCc1ccc(Cl)cc1Cl. The van der Waals surface area contributed by atoms with E-state index in [4.69, 9.17) is 37.4 Å². The average Bonchev–Trinajstić information content (AvgIpc) is 3.48. The van der Waals surface area contributed by atoms with Crippen molar-refractivity contribution in [1.82, 2.24) is 20.2 Å². The van der Waals surface area contributed by atoms with Crippen LogP contribution in [0.15, 0.2) is 36.4 Å². The molecule has 2 aromatic carbocycles. The van der Waals surface area contributed by atoms with Gasteiger partial charge in [0.05, 0.1) is 18.7 Å². The number of carbonyl (C=O) groups excluding carboxylic acids is 1. The molecule has 0 spiro atoms. The highest BCUT2D eigenvalue weighted by molar-refractivity contribution is 6.35. The molecule has 0 unspecified atom stereocenters. The van der Waals surface area contributed by atoms with Crippen LogP contribution < -0.4 is 9.47 Å². The summed E-state index contributed by atoms with van der Waals surface area (Å²) in [6.07, 6.45) is 2.07. The Morgan fingerprint density at radius 3 is 2.70 bits per heavy atom. The summed E-state index contributed by atoms with van der Waals surface area (Å²) in [4.78, 5) is 12.4. The van der Waals surface area contributed by atoms with Crippen LogP contribution in [0.1, 0.15) is 40.6 Å². The predicted molar refractivity (Wildman–Crippen MR) is 109 cm³/mol. The zero-order chi connectivity index (χ0) is 21.1. The van der Waals surface area contributed by atoms with Gasteiger partial charge in [-0.25, -0.2) is 9.48 Å². The predicted octanol–water partition coefficient (Wildman–Crippen LogP) is 4.26. The highest BCUT2D eigenvalue weighted by atomic mass is 35.5. The lowest BCUT2D eigenvalue weighted by molar-refractivity contribution is 0.0456. The minimum Gasteiger partial charge on any atom is -0.493 e. The Kier molecular flexibility index (Phi) is 6.06. The van der Waals surface area contributed by atoms with Gasteiger partial charge < -0.3 is 14.2 Å². The van der Waals surface area contributed by atoms with Crippen LogP contribution in [-0.2, 0) is 18.0 Å². The van der Waals surface area contributed by atoms with Crippen molar-refractivity contribution >= 4 is 29.2 Å². The molecule has 0 radical (unpaired) electrons. The molecule has 8 nitrogen and oxygen atoms in total. The zero-order valence-corrected chi connectivity index (χ0v) is 17.6. The fourth-order valence-electron chi connectivity index (χ4n) is 2.83. The Balaban J connectivity index is 1.40. The quantitative estimate of drug-likeness (QED) is 0.475. The van der Waals surface area contributed by atoms with E-state index in [2.05, 4.69) is 15.5 Å². The van der Waals surface area contributed by atoms with Crippen LogP contribution in [0.5, 0.6) is 11.5 Å². The topological polar surface area (TPSA) is 88.4 Å². The Bertz CT molecular complexity index is 1070. The molecule has 0 bridgehead atoms. The highest BCUT2D eigenvalue weighted by Gasteiger charge is 2.28. The Morgan fingerprint density at radius 2 is 1.97 bits per heavy atom. The summed E-state index contributed by atoms with van der Waals surface area (Å²) < 4.78 is 18.2. The Hall–Kier alpha value is -2.84. The zero-order valence-electron chi connectivity index (χ0n) is 16.0. The van der Waals surface area contributed by atoms with Gasteiger partial charge in [-0.2, -0.15) is 0 Å². The summed E-state index contributed by atoms with van der Waals surface area (Å²) in [6, 6.07) is 10.3. The van der Waals surface area contributed by atoms with Crippen molar-refractivity contribution in [3.8, 4) is 11.5 Å². The third-order valence-electron chi connectivity index (χ3n) is 4.58. The van der Waals surface area contributed by atoms with Crippen molar-refractivity contribution in [2.24, 2.45) is 0 Å². The van der Waals surface area contributed by atoms with E-state index < -0.39 is 5.97 Å². The summed E-state index contributed by atoms with van der Waals surface area (Å²) in [7, 11) is 1.50. The average molecular weight is 449 g/mol. The maximum absolute atomic E-state index is 12.4. The molecule has 0 N–H and O–H groups in total. The number of tetrazole rings is 1. The van der Waals surface area contributed by atoms with Gasteiger partial charge in [-0.3, -0.25) is 0 Å². The van der Waals surface area contributed by atoms with Crippen LogP contribution in [0, 0.1) is 0 Å². The molecule has 0 atom stereocenters. The molecule has 156 valence electrons. The van der Waals surface area contributed by atoms with E-state index in [1.165, 1.54) is 7.11 Å². The second-order valence-corrected chi connectivity index (χ2v) is 7.58. The first-order chi connectivity index (χ1) is 14.5. The van der Waals surface area contributed by atoms with Crippen molar-refractivity contribution in [2.75, 3.05) is 7.11 Å². The minimum atomic E-state index is -0.508. The Morgan fingerprint density at radius 1 is 1.13 bits per heavy atom. The van der Waals surface area contributed by atoms with Gasteiger partial charge in [0.25, 0.3) is 0 Å². The van der Waals surface area contributed by atoms with Gasteiger partial charge in [0.2, 0.25) is 0 Å². The lowest BCUT2D eigenvalue weighted by Crippen LogP contribution is -2.10. The van der Waals surface area contributed by atoms with E-state index in [-0.39, 0.29) is 13.2 Å². The molecular weight excluding hydrogens is 431 g/mol. The van der Waals surface area contributed by atoms with Crippen molar-refractivity contribution in [3.05, 3.63) is 63.4 Å². The molecule has 4 rings (SSSR count). The second kappa shape index (κ2) is 8.89. The fraction of sp³-hybridized carbons (Fsp3) is 0.300. The molecule has 0 aliphatic heterocycles. The number of nitrogens with zero attached hydrogens (tertiary/aromatic N) is 4. The number of halogens is 2. The number of carbonyl (C=O) groups is 1. The maximum Gasteiger partial charge on any atom is 0.338 e. The number of ether oxygens (including phenoxy) is 3. The number of methoxy groups -OCH3 is 1. The summed E-state index contributed by atoms with van der Waals surface area (Å²) in [6.45, 7) is 0.220. The first-order valence-electron chi connectivity index (χ1n) is 9.24. The maximum atomic E-state index is 12.4. The van der Waals surface area contributed by atoms with Crippen molar-refractivity contribution in [1.29, 1.82) is 0 Å². The van der Waals surface area contributed by atoms with Crippen molar-refractivity contribution in [3.63, 3.8) is 0 Å². The van der Waals surface area contributed by atoms with Crippen LogP contribution in [0.4, 0.5) is 0 Å². The van der Waals surface area contributed by atoms with Gasteiger partial charge in [-0.05, 0) is 53.6 Å². The molecule has 1 aromatic heterocycles. The van der Waals surface area contributed by atoms with Crippen molar-refractivity contribution < 1.29 is 19.0 Å². The summed E-state index contributed by atoms with van der Waals surface area (Å²) in [5.74, 6) is 0.888. The monoisotopic (exact) mass is 448 g/mol. The van der Waals surface area contributed by atoms with E-state index in [1.807, 2.05) is 0 Å². The lowest BCUT2D eigenvalue weighted by atomic mass is 10.2. The van der Waals surface area contributed by atoms with Gasteiger partial charge >= 0.3 is 5.97 Å². The first kappa shape index (κ1) is 20.4. The molecular formula is C20H18Cl2N4O4. The van der Waals surface area contributed by atoms with E-state index in [0.717, 1.165) is 18.4 Å². The third-order valence-corrected chi connectivity index (χ3v) is 5.17. The summed E-state index contributed by atoms with van der Waals surface area (Å²) >= 11 is 12.1. The minimum absolute atomic E-state index is 0.00202. The number of hydrogen-bond donors (Lipinski definition) is 0. The van der Waals surface area contributed by atoms with Crippen molar-refractivity contribution in [2.45, 2.75) is 32.1 Å². The molecule has 0 amide bonds. The molecule has 1 fully saturated rings. The summed E-state index contributed by atoms with van der Waals surface area (Å²) in [5, 5.41) is 12.6. The van der Waals surface area contributed by atoms with E-state index >= 15 is 0 Å². The molecule has 1 saturated carbocycles. The van der Waals surface area contributed by atoms with E-state index in [0.29, 0.717) is 39.0 Å². The first-order valence-corrected chi connectivity index (χ1v) is 9.99. The molecule has 1 aliphatic rings. The molecule has 1 aliphatic carbocycles. The van der Waals surface area contributed by atoms with Crippen LogP contribution in [0.3, 0.4) is 0 Å².